The lowest BCUT2D eigenvalue weighted by atomic mass is 10.1. The molecule has 0 amide bonds. The number of rotatable bonds is 3. The zero-order chi connectivity index (χ0) is 15.6. The van der Waals surface area contributed by atoms with Crippen molar-refractivity contribution in [2.75, 3.05) is 11.5 Å². The van der Waals surface area contributed by atoms with Gasteiger partial charge >= 0.3 is 0 Å². The molecule has 0 spiro atoms. The normalized spacial score (nSPS) is 9.27. The smallest absolute Gasteiger partial charge is 0.0326 e. The first-order valence-corrected chi connectivity index (χ1v) is 7.43. The van der Waals surface area contributed by atoms with Crippen LogP contribution in [-0.4, -0.2) is 0 Å². The lowest BCUT2D eigenvalue weighted by Gasteiger charge is -1.93. The summed E-state index contributed by atoms with van der Waals surface area (Å²) in [7, 11) is 0. The van der Waals surface area contributed by atoms with E-state index in [-0.39, 0.29) is 0 Å². The van der Waals surface area contributed by atoms with Gasteiger partial charge in [-0.3, -0.25) is 0 Å². The van der Waals surface area contributed by atoms with Crippen LogP contribution in [0, 0.1) is 23.7 Å². The van der Waals surface area contributed by atoms with Crippen LogP contribution in [0.15, 0.2) is 48.5 Å². The van der Waals surface area contributed by atoms with Crippen molar-refractivity contribution in [1.82, 2.24) is 0 Å². The van der Waals surface area contributed by atoms with E-state index in [9.17, 15) is 0 Å². The molecule has 0 heterocycles. The summed E-state index contributed by atoms with van der Waals surface area (Å²) in [5, 5.41) is 0. The van der Waals surface area contributed by atoms with E-state index in [1.165, 1.54) is 0 Å². The summed E-state index contributed by atoms with van der Waals surface area (Å²) in [4.78, 5) is 0. The molecule has 0 aliphatic heterocycles. The summed E-state index contributed by atoms with van der Waals surface area (Å²) >= 11 is 0. The van der Waals surface area contributed by atoms with Gasteiger partial charge < -0.3 is 11.5 Å². The van der Waals surface area contributed by atoms with Gasteiger partial charge in [-0.15, -0.1) is 0 Å². The quantitative estimate of drug-likeness (QED) is 0.512. The average molecular weight is 288 g/mol. The van der Waals surface area contributed by atoms with Crippen molar-refractivity contribution in [1.29, 1.82) is 0 Å². The molecule has 2 heteroatoms. The predicted octanol–water partition coefficient (Wildman–Crippen LogP) is 3.81. The van der Waals surface area contributed by atoms with E-state index in [0.717, 1.165) is 48.2 Å². The van der Waals surface area contributed by atoms with E-state index < -0.39 is 0 Å². The first kappa shape index (κ1) is 15.5. The van der Waals surface area contributed by atoms with Gasteiger partial charge in [0.1, 0.15) is 0 Å². The van der Waals surface area contributed by atoms with Gasteiger partial charge in [0.25, 0.3) is 0 Å². The van der Waals surface area contributed by atoms with Gasteiger partial charge in [0.2, 0.25) is 0 Å². The lowest BCUT2D eigenvalue weighted by molar-refractivity contribution is 0.782. The van der Waals surface area contributed by atoms with Gasteiger partial charge in [-0.2, -0.15) is 0 Å². The molecule has 0 radical (unpaired) electrons. The fraction of sp³-hybridized carbons (Fsp3) is 0.200. The van der Waals surface area contributed by atoms with Crippen LogP contribution in [0.3, 0.4) is 0 Å². The van der Waals surface area contributed by atoms with Gasteiger partial charge in [0.05, 0.1) is 0 Å². The molecule has 4 N–H and O–H groups in total. The molecule has 0 aliphatic carbocycles. The van der Waals surface area contributed by atoms with Crippen LogP contribution in [0.5, 0.6) is 0 Å². The highest BCUT2D eigenvalue weighted by Crippen LogP contribution is 2.06. The molecule has 2 aromatic carbocycles. The molecular weight excluding hydrogens is 268 g/mol. The summed E-state index contributed by atoms with van der Waals surface area (Å²) < 4.78 is 0. The zero-order valence-corrected chi connectivity index (χ0v) is 12.6. The maximum absolute atomic E-state index is 5.71. The number of unbranched alkanes of at least 4 members (excludes halogenated alkanes) is 3. The second kappa shape index (κ2) is 8.45. The second-order valence-corrected chi connectivity index (χ2v) is 5.06. The largest absolute Gasteiger partial charge is 0.399 e. The average Bonchev–Trinajstić information content (AvgIpc) is 2.50. The molecule has 0 bridgehead atoms. The van der Waals surface area contributed by atoms with Crippen LogP contribution in [0.25, 0.3) is 0 Å². The van der Waals surface area contributed by atoms with Gasteiger partial charge in [-0.25, -0.2) is 0 Å². The summed E-state index contributed by atoms with van der Waals surface area (Å²) in [5.74, 6) is 12.6. The van der Waals surface area contributed by atoms with Crippen LogP contribution in [0.1, 0.15) is 36.8 Å². The Morgan fingerprint density at radius 1 is 0.682 bits per heavy atom. The topological polar surface area (TPSA) is 52.0 Å². The SMILES string of the molecule is Nc1cccc(C#CCCCCC#Cc2cccc(N)c2)c1. The molecule has 0 aromatic heterocycles. The molecule has 0 saturated carbocycles. The van der Waals surface area contributed by atoms with Crippen LogP contribution in [0.4, 0.5) is 11.4 Å². The number of nitrogen functional groups attached to an aromatic ring is 2. The Balaban J connectivity index is 1.68. The highest BCUT2D eigenvalue weighted by molar-refractivity contribution is 5.47. The van der Waals surface area contributed by atoms with Crippen LogP contribution in [-0.2, 0) is 0 Å². The number of hydrogen-bond donors (Lipinski definition) is 2. The minimum absolute atomic E-state index is 0.753. The fourth-order valence-corrected chi connectivity index (χ4v) is 1.99. The summed E-state index contributed by atoms with van der Waals surface area (Å²) in [6.07, 6.45) is 3.88. The van der Waals surface area contributed by atoms with Crippen molar-refractivity contribution >= 4 is 11.4 Å². The molecule has 0 aliphatic rings. The predicted molar refractivity (Wildman–Crippen MR) is 93.9 cm³/mol. The summed E-state index contributed by atoms with van der Waals surface area (Å²) in [6, 6.07) is 15.3. The summed E-state index contributed by atoms with van der Waals surface area (Å²) in [5.41, 5.74) is 14.9. The van der Waals surface area contributed by atoms with E-state index in [2.05, 4.69) is 23.7 Å². The van der Waals surface area contributed by atoms with Crippen molar-refractivity contribution < 1.29 is 0 Å². The first-order chi connectivity index (χ1) is 10.7. The van der Waals surface area contributed by atoms with E-state index in [0.29, 0.717) is 0 Å². The number of anilines is 2. The molecule has 0 saturated heterocycles. The number of benzene rings is 2. The first-order valence-electron chi connectivity index (χ1n) is 7.43. The minimum Gasteiger partial charge on any atom is -0.399 e. The van der Waals surface area contributed by atoms with E-state index in [4.69, 9.17) is 11.5 Å². The highest BCUT2D eigenvalue weighted by atomic mass is 14.5. The highest BCUT2D eigenvalue weighted by Gasteiger charge is 1.89. The molecule has 2 rings (SSSR count). The van der Waals surface area contributed by atoms with Gasteiger partial charge in [-0.05, 0) is 49.2 Å². The second-order valence-electron chi connectivity index (χ2n) is 5.06. The van der Waals surface area contributed by atoms with Crippen molar-refractivity contribution in [2.24, 2.45) is 0 Å². The van der Waals surface area contributed by atoms with Crippen molar-refractivity contribution in [2.45, 2.75) is 25.7 Å². The molecule has 0 fully saturated rings. The minimum atomic E-state index is 0.753. The van der Waals surface area contributed by atoms with Crippen LogP contribution < -0.4 is 11.5 Å². The van der Waals surface area contributed by atoms with Crippen molar-refractivity contribution in [3.8, 4) is 23.7 Å². The Labute approximate surface area is 132 Å². The van der Waals surface area contributed by atoms with Gasteiger partial charge in [0.15, 0.2) is 0 Å². The van der Waals surface area contributed by atoms with E-state index >= 15 is 0 Å². The van der Waals surface area contributed by atoms with Crippen LogP contribution >= 0.6 is 0 Å². The number of nitrogens with two attached hydrogens (primary N) is 2. The Bertz CT molecular complexity index is 674. The molecular formula is C20H20N2. The Morgan fingerprint density at radius 3 is 1.55 bits per heavy atom. The Hall–Kier alpha value is -2.84. The van der Waals surface area contributed by atoms with Crippen molar-refractivity contribution in [3.63, 3.8) is 0 Å². The standard InChI is InChI=1S/C20H20N2/c21-19-13-7-11-17(15-19)9-5-3-1-2-4-6-10-18-12-8-14-20(22)16-18/h7-8,11-16H,1-4,21-22H2. The third kappa shape index (κ3) is 5.65. The third-order valence-electron chi connectivity index (χ3n) is 3.09. The molecule has 110 valence electrons. The molecule has 0 unspecified atom stereocenters. The van der Waals surface area contributed by atoms with E-state index in [1.54, 1.807) is 0 Å². The maximum atomic E-state index is 5.71. The zero-order valence-electron chi connectivity index (χ0n) is 12.6. The Kier molecular flexibility index (Phi) is 5.97. The monoisotopic (exact) mass is 288 g/mol. The Morgan fingerprint density at radius 2 is 1.14 bits per heavy atom. The van der Waals surface area contributed by atoms with Crippen molar-refractivity contribution in [3.05, 3.63) is 59.7 Å². The molecule has 22 heavy (non-hydrogen) atoms. The molecule has 2 nitrogen and oxygen atoms in total. The third-order valence-corrected chi connectivity index (χ3v) is 3.09. The summed E-state index contributed by atoms with van der Waals surface area (Å²) in [6.45, 7) is 0. The number of hydrogen-bond acceptors (Lipinski definition) is 2. The lowest BCUT2D eigenvalue weighted by Crippen LogP contribution is -1.84. The molecule has 0 atom stereocenters. The fourth-order valence-electron chi connectivity index (χ4n) is 1.99. The molecule has 2 aromatic rings. The maximum Gasteiger partial charge on any atom is 0.0326 e. The van der Waals surface area contributed by atoms with Crippen LogP contribution in [0.2, 0.25) is 0 Å². The van der Waals surface area contributed by atoms with E-state index in [1.807, 2.05) is 48.5 Å². The van der Waals surface area contributed by atoms with Gasteiger partial charge in [-0.1, -0.05) is 35.8 Å². The van der Waals surface area contributed by atoms with Gasteiger partial charge in [0, 0.05) is 35.3 Å².